The number of rotatable bonds is 5. The molecule has 4 nitrogen and oxygen atoms in total. The van der Waals surface area contributed by atoms with Gasteiger partial charge in [0, 0.05) is 27.8 Å². The number of allylic oxidation sites excluding steroid dienone is 1. The smallest absolute Gasteiger partial charge is 0.297 e. The standard InChI is InChI=1S/C20H16Br2N2O2/c21-17-11-16(12-18(22)13-17)14-24-19(25)8-10-23(20(24)26)9-4-7-15-5-2-1-3-6-15/h1-8,10-13H,9,14H2/b7-4+. The van der Waals surface area contributed by atoms with Crippen molar-refractivity contribution in [1.29, 1.82) is 0 Å². The average Bonchev–Trinajstić information content (AvgIpc) is 2.61. The number of hydrogen-bond acceptors (Lipinski definition) is 2. The molecule has 0 aliphatic rings. The third-order valence-electron chi connectivity index (χ3n) is 3.81. The third kappa shape index (κ3) is 4.71. The summed E-state index contributed by atoms with van der Waals surface area (Å²) in [4.78, 5) is 24.8. The van der Waals surface area contributed by atoms with E-state index in [2.05, 4.69) is 31.9 Å². The molecule has 3 aromatic rings. The van der Waals surface area contributed by atoms with Crippen LogP contribution in [0.5, 0.6) is 0 Å². The first-order valence-electron chi connectivity index (χ1n) is 8.00. The normalized spacial score (nSPS) is 11.2. The zero-order valence-electron chi connectivity index (χ0n) is 13.8. The van der Waals surface area contributed by atoms with Gasteiger partial charge >= 0.3 is 5.69 Å². The fourth-order valence-corrected chi connectivity index (χ4v) is 3.98. The second-order valence-electron chi connectivity index (χ2n) is 5.77. The average molecular weight is 476 g/mol. The summed E-state index contributed by atoms with van der Waals surface area (Å²) in [7, 11) is 0. The molecular weight excluding hydrogens is 460 g/mol. The summed E-state index contributed by atoms with van der Waals surface area (Å²) in [5.41, 5.74) is 1.29. The van der Waals surface area contributed by atoms with Crippen molar-refractivity contribution in [2.75, 3.05) is 0 Å². The molecule has 26 heavy (non-hydrogen) atoms. The minimum Gasteiger partial charge on any atom is -0.297 e. The van der Waals surface area contributed by atoms with E-state index in [4.69, 9.17) is 0 Å². The molecule has 0 unspecified atom stereocenters. The van der Waals surface area contributed by atoms with Gasteiger partial charge in [-0.25, -0.2) is 4.79 Å². The minimum atomic E-state index is -0.327. The Kier molecular flexibility index (Phi) is 6.06. The second-order valence-corrected chi connectivity index (χ2v) is 7.60. The van der Waals surface area contributed by atoms with E-state index in [1.807, 2.05) is 60.7 Å². The molecule has 0 aliphatic heterocycles. The molecule has 132 valence electrons. The van der Waals surface area contributed by atoms with Gasteiger partial charge in [0.2, 0.25) is 0 Å². The molecule has 0 spiro atoms. The van der Waals surface area contributed by atoms with E-state index in [1.165, 1.54) is 21.4 Å². The fraction of sp³-hybridized carbons (Fsp3) is 0.100. The summed E-state index contributed by atoms with van der Waals surface area (Å²) in [6.45, 7) is 0.620. The molecule has 0 atom stereocenters. The Labute approximate surface area is 167 Å². The molecule has 0 aliphatic carbocycles. The highest BCUT2D eigenvalue weighted by atomic mass is 79.9. The molecule has 2 aromatic carbocycles. The first-order chi connectivity index (χ1) is 12.5. The van der Waals surface area contributed by atoms with Gasteiger partial charge in [-0.05, 0) is 29.3 Å². The first-order valence-corrected chi connectivity index (χ1v) is 9.58. The topological polar surface area (TPSA) is 44.0 Å². The van der Waals surface area contributed by atoms with Gasteiger partial charge < -0.3 is 0 Å². The van der Waals surface area contributed by atoms with Crippen LogP contribution in [0.4, 0.5) is 0 Å². The van der Waals surface area contributed by atoms with Gasteiger partial charge in [0.15, 0.2) is 0 Å². The number of hydrogen-bond donors (Lipinski definition) is 0. The third-order valence-corrected chi connectivity index (χ3v) is 4.73. The maximum Gasteiger partial charge on any atom is 0.331 e. The van der Waals surface area contributed by atoms with Gasteiger partial charge in [-0.3, -0.25) is 13.9 Å². The van der Waals surface area contributed by atoms with Gasteiger partial charge in [-0.1, -0.05) is 74.3 Å². The number of nitrogens with zero attached hydrogens (tertiary/aromatic N) is 2. The molecule has 0 amide bonds. The predicted octanol–water partition coefficient (Wildman–Crippen LogP) is 4.30. The molecule has 1 aromatic heterocycles. The van der Waals surface area contributed by atoms with Crippen LogP contribution < -0.4 is 11.2 Å². The lowest BCUT2D eigenvalue weighted by Crippen LogP contribution is -2.39. The molecular formula is C20H16Br2N2O2. The highest BCUT2D eigenvalue weighted by Gasteiger charge is 2.07. The van der Waals surface area contributed by atoms with Gasteiger partial charge in [0.1, 0.15) is 0 Å². The molecule has 0 saturated heterocycles. The van der Waals surface area contributed by atoms with Crippen LogP contribution in [0.25, 0.3) is 6.08 Å². The summed E-state index contributed by atoms with van der Waals surface area (Å²) in [6.07, 6.45) is 5.39. The van der Waals surface area contributed by atoms with E-state index < -0.39 is 0 Å². The Bertz CT molecular complexity index is 1030. The van der Waals surface area contributed by atoms with Crippen molar-refractivity contribution in [1.82, 2.24) is 9.13 Å². The van der Waals surface area contributed by atoms with Crippen LogP contribution in [0.15, 0.2) is 85.4 Å². The van der Waals surface area contributed by atoms with E-state index in [9.17, 15) is 9.59 Å². The zero-order chi connectivity index (χ0) is 18.5. The maximum absolute atomic E-state index is 12.7. The van der Waals surface area contributed by atoms with Gasteiger partial charge in [0.05, 0.1) is 6.54 Å². The molecule has 3 rings (SSSR count). The molecule has 0 radical (unpaired) electrons. The van der Waals surface area contributed by atoms with Crippen molar-refractivity contribution >= 4 is 37.9 Å². The van der Waals surface area contributed by atoms with Crippen LogP contribution in [0.2, 0.25) is 0 Å². The molecule has 0 bridgehead atoms. The van der Waals surface area contributed by atoms with Crippen LogP contribution in [-0.4, -0.2) is 9.13 Å². The summed E-state index contributed by atoms with van der Waals surface area (Å²) in [5.74, 6) is 0. The highest BCUT2D eigenvalue weighted by molar-refractivity contribution is 9.11. The molecule has 0 fully saturated rings. The summed E-state index contributed by atoms with van der Waals surface area (Å²) in [6, 6.07) is 17.0. The van der Waals surface area contributed by atoms with Crippen molar-refractivity contribution in [3.8, 4) is 0 Å². The Hall–Kier alpha value is -2.18. The van der Waals surface area contributed by atoms with Crippen molar-refractivity contribution in [2.24, 2.45) is 0 Å². The molecule has 6 heteroatoms. The lowest BCUT2D eigenvalue weighted by molar-refractivity contribution is 0.618. The van der Waals surface area contributed by atoms with Crippen LogP contribution in [-0.2, 0) is 13.1 Å². The first kappa shape index (κ1) is 18.6. The minimum absolute atomic E-state index is 0.221. The summed E-state index contributed by atoms with van der Waals surface area (Å²) in [5, 5.41) is 0. The van der Waals surface area contributed by atoms with Crippen LogP contribution in [0.1, 0.15) is 11.1 Å². The van der Waals surface area contributed by atoms with Crippen molar-refractivity contribution in [3.63, 3.8) is 0 Å². The maximum atomic E-state index is 12.7. The lowest BCUT2D eigenvalue weighted by atomic mass is 10.2. The second kappa shape index (κ2) is 8.47. The van der Waals surface area contributed by atoms with E-state index in [1.54, 1.807) is 0 Å². The summed E-state index contributed by atoms with van der Waals surface area (Å²) >= 11 is 6.85. The Balaban J connectivity index is 1.85. The van der Waals surface area contributed by atoms with Crippen LogP contribution in [0.3, 0.4) is 0 Å². The van der Waals surface area contributed by atoms with Gasteiger partial charge in [-0.2, -0.15) is 0 Å². The van der Waals surface area contributed by atoms with E-state index in [0.717, 1.165) is 20.1 Å². The highest BCUT2D eigenvalue weighted by Crippen LogP contribution is 2.20. The quantitative estimate of drug-likeness (QED) is 0.552. The SMILES string of the molecule is O=c1ccn(C/C=C/c2ccccc2)c(=O)n1Cc1cc(Br)cc(Br)c1. The number of benzene rings is 2. The van der Waals surface area contributed by atoms with E-state index in [0.29, 0.717) is 6.54 Å². The lowest BCUT2D eigenvalue weighted by Gasteiger charge is -2.09. The number of halogens is 2. The monoisotopic (exact) mass is 474 g/mol. The van der Waals surface area contributed by atoms with Gasteiger partial charge in [0.25, 0.3) is 5.56 Å². The van der Waals surface area contributed by atoms with Crippen molar-refractivity contribution < 1.29 is 0 Å². The predicted molar refractivity (Wildman–Crippen MR) is 111 cm³/mol. The van der Waals surface area contributed by atoms with Crippen molar-refractivity contribution in [3.05, 3.63) is 108 Å². The van der Waals surface area contributed by atoms with E-state index >= 15 is 0 Å². The van der Waals surface area contributed by atoms with E-state index in [-0.39, 0.29) is 17.8 Å². The Morgan fingerprint density at radius 2 is 1.62 bits per heavy atom. The fourth-order valence-electron chi connectivity index (χ4n) is 2.59. The van der Waals surface area contributed by atoms with Crippen LogP contribution in [0, 0.1) is 0 Å². The molecule has 0 N–H and O–H groups in total. The van der Waals surface area contributed by atoms with Crippen LogP contribution >= 0.6 is 31.9 Å². The summed E-state index contributed by atoms with van der Waals surface area (Å²) < 4.78 is 4.53. The molecule has 1 heterocycles. The Morgan fingerprint density at radius 1 is 0.923 bits per heavy atom. The zero-order valence-corrected chi connectivity index (χ0v) is 17.0. The van der Waals surface area contributed by atoms with Crippen molar-refractivity contribution in [2.45, 2.75) is 13.1 Å². The number of aromatic nitrogens is 2. The van der Waals surface area contributed by atoms with Gasteiger partial charge in [-0.15, -0.1) is 0 Å². The Morgan fingerprint density at radius 3 is 2.31 bits per heavy atom. The molecule has 0 saturated carbocycles. The largest absolute Gasteiger partial charge is 0.331 e.